The van der Waals surface area contributed by atoms with E-state index in [0.717, 1.165) is 6.54 Å². The highest BCUT2D eigenvalue weighted by Gasteiger charge is 2.49. The lowest BCUT2D eigenvalue weighted by atomic mass is 9.77. The minimum Gasteiger partial charge on any atom is -0.337 e. The lowest BCUT2D eigenvalue weighted by Gasteiger charge is -2.37. The summed E-state index contributed by atoms with van der Waals surface area (Å²) in [6, 6.07) is 21.8. The van der Waals surface area contributed by atoms with Gasteiger partial charge in [0, 0.05) is 22.9 Å². The Morgan fingerprint density at radius 2 is 1.74 bits per heavy atom. The van der Waals surface area contributed by atoms with Crippen molar-refractivity contribution in [2.24, 2.45) is 10.5 Å². The summed E-state index contributed by atoms with van der Waals surface area (Å²) in [4.78, 5) is 0. The van der Waals surface area contributed by atoms with Crippen LogP contribution in [-0.2, 0) is 6.54 Å². The molecule has 0 N–H and O–H groups in total. The first-order valence-electron chi connectivity index (χ1n) is 8.18. The number of aromatic nitrogens is 1. The van der Waals surface area contributed by atoms with Crippen molar-refractivity contribution < 1.29 is 0 Å². The van der Waals surface area contributed by atoms with E-state index in [2.05, 4.69) is 84.1 Å². The lowest BCUT2D eigenvalue weighted by molar-refractivity contribution is 0.356. The van der Waals surface area contributed by atoms with Crippen molar-refractivity contribution in [2.75, 3.05) is 5.01 Å². The topological polar surface area (TPSA) is 20.5 Å². The summed E-state index contributed by atoms with van der Waals surface area (Å²) >= 11 is 0. The van der Waals surface area contributed by atoms with Gasteiger partial charge in [0.2, 0.25) is 0 Å². The fourth-order valence-electron chi connectivity index (χ4n) is 4.05. The molecule has 3 heterocycles. The average molecular weight is 301 g/mol. The summed E-state index contributed by atoms with van der Waals surface area (Å²) < 4.78 is 2.44. The van der Waals surface area contributed by atoms with Crippen molar-refractivity contribution in [1.29, 1.82) is 0 Å². The molecule has 1 aromatic heterocycles. The molecule has 0 fully saturated rings. The Morgan fingerprint density at radius 3 is 2.57 bits per heavy atom. The number of fused-ring (bicyclic) bond motifs is 6. The molecule has 3 nitrogen and oxygen atoms in total. The Hall–Kier alpha value is -2.55. The van der Waals surface area contributed by atoms with Crippen LogP contribution in [0.3, 0.4) is 0 Å². The fourth-order valence-corrected chi connectivity index (χ4v) is 4.05. The summed E-state index contributed by atoms with van der Waals surface area (Å²) in [7, 11) is 0. The zero-order chi connectivity index (χ0) is 15.6. The molecule has 2 aromatic carbocycles. The molecular weight excluding hydrogens is 282 g/mol. The van der Waals surface area contributed by atoms with E-state index in [0.29, 0.717) is 6.04 Å². The molecule has 3 heteroatoms. The number of hydrogen-bond acceptors (Lipinski definition) is 2. The van der Waals surface area contributed by atoms with Gasteiger partial charge in [-0.05, 0) is 24.3 Å². The van der Waals surface area contributed by atoms with E-state index in [-0.39, 0.29) is 5.41 Å². The van der Waals surface area contributed by atoms with Crippen molar-refractivity contribution in [3.05, 3.63) is 66.4 Å². The normalized spacial score (nSPS) is 21.4. The van der Waals surface area contributed by atoms with E-state index in [4.69, 9.17) is 5.10 Å². The van der Waals surface area contributed by atoms with E-state index >= 15 is 0 Å². The zero-order valence-corrected chi connectivity index (χ0v) is 13.4. The maximum Gasteiger partial charge on any atom is 0.0924 e. The number of hydrazone groups is 1. The Balaban J connectivity index is 1.72. The van der Waals surface area contributed by atoms with Gasteiger partial charge < -0.3 is 4.57 Å². The molecule has 1 unspecified atom stereocenters. The summed E-state index contributed by atoms with van der Waals surface area (Å²) in [5, 5.41) is 8.56. The summed E-state index contributed by atoms with van der Waals surface area (Å²) in [6.07, 6.45) is 0. The van der Waals surface area contributed by atoms with Crippen LogP contribution in [0.5, 0.6) is 0 Å². The summed E-state index contributed by atoms with van der Waals surface area (Å²) in [5.41, 5.74) is 5.01. The van der Waals surface area contributed by atoms with Crippen molar-refractivity contribution >= 4 is 22.3 Å². The molecule has 3 aromatic rings. The second-order valence-electron chi connectivity index (χ2n) is 7.07. The third-order valence-electron chi connectivity index (χ3n) is 5.38. The highest BCUT2D eigenvalue weighted by Crippen LogP contribution is 2.44. The largest absolute Gasteiger partial charge is 0.337 e. The van der Waals surface area contributed by atoms with Crippen molar-refractivity contribution in [2.45, 2.75) is 26.4 Å². The molecule has 2 aliphatic heterocycles. The molecule has 0 spiro atoms. The van der Waals surface area contributed by atoms with Gasteiger partial charge in [-0.3, -0.25) is 5.01 Å². The van der Waals surface area contributed by atoms with E-state index in [1.54, 1.807) is 0 Å². The van der Waals surface area contributed by atoms with Gasteiger partial charge in [-0.15, -0.1) is 0 Å². The molecule has 2 aliphatic rings. The Morgan fingerprint density at radius 1 is 1.00 bits per heavy atom. The van der Waals surface area contributed by atoms with Gasteiger partial charge in [0.05, 0.1) is 23.1 Å². The SMILES string of the molecule is CC1(C)C2=NN(c3ccccc3)C1Cn1c2cc2ccccc21. The van der Waals surface area contributed by atoms with Crippen molar-refractivity contribution in [1.82, 2.24) is 4.57 Å². The number of hydrogen-bond donors (Lipinski definition) is 0. The molecule has 0 aliphatic carbocycles. The highest BCUT2D eigenvalue weighted by atomic mass is 15.5. The molecule has 1 atom stereocenters. The Bertz CT molecular complexity index is 934. The molecule has 0 amide bonds. The second-order valence-corrected chi connectivity index (χ2v) is 7.07. The van der Waals surface area contributed by atoms with Crippen LogP contribution < -0.4 is 5.01 Å². The Kier molecular flexibility index (Phi) is 2.39. The first-order chi connectivity index (χ1) is 11.2. The van der Waals surface area contributed by atoms with Gasteiger partial charge in [0.25, 0.3) is 0 Å². The minimum absolute atomic E-state index is 0.0558. The second kappa shape index (κ2) is 4.25. The molecule has 5 rings (SSSR count). The third kappa shape index (κ3) is 1.62. The van der Waals surface area contributed by atoms with E-state index in [9.17, 15) is 0 Å². The average Bonchev–Trinajstić information content (AvgIpc) is 2.98. The smallest absolute Gasteiger partial charge is 0.0924 e. The summed E-state index contributed by atoms with van der Waals surface area (Å²) in [6.45, 7) is 5.61. The van der Waals surface area contributed by atoms with Crippen LogP contribution in [0, 0.1) is 5.41 Å². The van der Waals surface area contributed by atoms with Crippen LogP contribution in [0.2, 0.25) is 0 Å². The standard InChI is InChI=1S/C20H19N3/c1-20(2)18-13-22-16-11-7-6-8-14(16)12-17(22)19(20)21-23(18)15-9-4-3-5-10-15/h3-12,18H,13H2,1-2H3. The van der Waals surface area contributed by atoms with Gasteiger partial charge in [0.15, 0.2) is 0 Å². The molecule has 114 valence electrons. The van der Waals surface area contributed by atoms with Gasteiger partial charge in [-0.2, -0.15) is 5.10 Å². The molecule has 0 saturated heterocycles. The quantitative estimate of drug-likeness (QED) is 0.657. The van der Waals surface area contributed by atoms with Crippen LogP contribution in [0.1, 0.15) is 19.5 Å². The van der Waals surface area contributed by atoms with Crippen LogP contribution in [0.15, 0.2) is 65.8 Å². The lowest BCUT2D eigenvalue weighted by Crippen LogP contribution is -2.47. The minimum atomic E-state index is 0.0558. The fraction of sp³-hybridized carbons (Fsp3) is 0.250. The first-order valence-corrected chi connectivity index (χ1v) is 8.18. The molecular formula is C20H19N3. The zero-order valence-electron chi connectivity index (χ0n) is 13.4. The first kappa shape index (κ1) is 12.9. The monoisotopic (exact) mass is 301 g/mol. The van der Waals surface area contributed by atoms with Crippen LogP contribution >= 0.6 is 0 Å². The van der Waals surface area contributed by atoms with Gasteiger partial charge in [-0.25, -0.2) is 0 Å². The van der Waals surface area contributed by atoms with E-state index in [1.165, 1.54) is 28.0 Å². The van der Waals surface area contributed by atoms with Crippen LogP contribution in [-0.4, -0.2) is 16.3 Å². The summed E-state index contributed by atoms with van der Waals surface area (Å²) in [5.74, 6) is 0. The van der Waals surface area contributed by atoms with Gasteiger partial charge in [-0.1, -0.05) is 50.2 Å². The van der Waals surface area contributed by atoms with Crippen LogP contribution in [0.4, 0.5) is 5.69 Å². The number of nitrogens with zero attached hydrogens (tertiary/aromatic N) is 3. The maximum absolute atomic E-state index is 5.04. The number of benzene rings is 2. The third-order valence-corrected chi connectivity index (χ3v) is 5.38. The predicted octanol–water partition coefficient (Wildman–Crippen LogP) is 4.27. The van der Waals surface area contributed by atoms with Gasteiger partial charge in [0.1, 0.15) is 0 Å². The van der Waals surface area contributed by atoms with Crippen molar-refractivity contribution in [3.8, 4) is 0 Å². The molecule has 23 heavy (non-hydrogen) atoms. The number of anilines is 1. The molecule has 0 saturated carbocycles. The number of rotatable bonds is 1. The highest BCUT2D eigenvalue weighted by molar-refractivity contribution is 6.10. The van der Waals surface area contributed by atoms with Crippen LogP contribution in [0.25, 0.3) is 10.9 Å². The van der Waals surface area contributed by atoms with E-state index in [1.807, 2.05) is 0 Å². The van der Waals surface area contributed by atoms with Gasteiger partial charge >= 0.3 is 0 Å². The maximum atomic E-state index is 5.04. The van der Waals surface area contributed by atoms with E-state index < -0.39 is 0 Å². The molecule has 2 bridgehead atoms. The van der Waals surface area contributed by atoms with Crippen molar-refractivity contribution in [3.63, 3.8) is 0 Å². The Labute approximate surface area is 135 Å². The molecule has 0 radical (unpaired) electrons. The predicted molar refractivity (Wildman–Crippen MR) is 95.0 cm³/mol. The number of para-hydroxylation sites is 2.